The first-order valence-electron chi connectivity index (χ1n) is 5.39. The maximum atomic E-state index is 11.5. The second-order valence-corrected chi connectivity index (χ2v) is 3.96. The van der Waals surface area contributed by atoms with E-state index in [9.17, 15) is 4.79 Å². The number of carbonyl (C=O) groups is 1. The minimum Gasteiger partial charge on any atom is -0.466 e. The van der Waals surface area contributed by atoms with Crippen molar-refractivity contribution in [2.24, 2.45) is 4.99 Å². The Morgan fingerprint density at radius 2 is 2.41 bits per heavy atom. The van der Waals surface area contributed by atoms with Crippen molar-refractivity contribution in [1.29, 1.82) is 0 Å². The topological polar surface area (TPSA) is 47.9 Å². The van der Waals surface area contributed by atoms with Crippen LogP contribution in [0.1, 0.15) is 6.92 Å². The van der Waals surface area contributed by atoms with E-state index >= 15 is 0 Å². The molecule has 1 aliphatic heterocycles. The smallest absolute Gasteiger partial charge is 0.335 e. The van der Waals surface area contributed by atoms with Crippen LogP contribution >= 0.6 is 15.9 Å². The summed E-state index contributed by atoms with van der Waals surface area (Å²) in [6, 6.07) is 0. The zero-order valence-electron chi connectivity index (χ0n) is 9.98. The van der Waals surface area contributed by atoms with E-state index in [1.165, 1.54) is 7.11 Å². The summed E-state index contributed by atoms with van der Waals surface area (Å²) in [7, 11) is 1.36. The molecule has 4 nitrogen and oxygen atoms in total. The van der Waals surface area contributed by atoms with Gasteiger partial charge in [0.2, 0.25) is 0 Å². The molecule has 0 radical (unpaired) electrons. The molecule has 0 aromatic rings. The molecule has 0 saturated carbocycles. The number of hydrogen-bond acceptors (Lipinski definition) is 4. The van der Waals surface area contributed by atoms with Crippen molar-refractivity contribution in [3.63, 3.8) is 0 Å². The third kappa shape index (κ3) is 4.44. The Morgan fingerprint density at radius 1 is 1.65 bits per heavy atom. The maximum Gasteiger partial charge on any atom is 0.335 e. The average Bonchev–Trinajstić information content (AvgIpc) is 2.32. The lowest BCUT2D eigenvalue weighted by Crippen LogP contribution is -2.17. The summed E-state index contributed by atoms with van der Waals surface area (Å²) in [5.74, 6) is -0.359. The van der Waals surface area contributed by atoms with Crippen LogP contribution in [0.15, 0.2) is 28.8 Å². The number of methoxy groups -OCH3 is 1. The monoisotopic (exact) mass is 301 g/mol. The Morgan fingerprint density at radius 3 is 3.00 bits per heavy atom. The summed E-state index contributed by atoms with van der Waals surface area (Å²) in [6.45, 7) is 2.82. The largest absolute Gasteiger partial charge is 0.466 e. The summed E-state index contributed by atoms with van der Waals surface area (Å²) in [4.78, 5) is 15.8. The van der Waals surface area contributed by atoms with Gasteiger partial charge in [-0.3, -0.25) is 4.99 Å². The predicted molar refractivity (Wildman–Crippen MR) is 70.7 cm³/mol. The summed E-state index contributed by atoms with van der Waals surface area (Å²) in [6.07, 6.45) is 5.32. The molecule has 0 aromatic carbocycles. The third-order valence-electron chi connectivity index (χ3n) is 2.24. The van der Waals surface area contributed by atoms with Gasteiger partial charge in [0.15, 0.2) is 0 Å². The Labute approximate surface area is 110 Å². The average molecular weight is 302 g/mol. The highest BCUT2D eigenvalue weighted by Gasteiger charge is 2.14. The fourth-order valence-corrected chi connectivity index (χ4v) is 1.76. The minimum atomic E-state index is -0.359. The molecule has 0 amide bonds. The lowest BCUT2D eigenvalue weighted by atomic mass is 10.1. The second kappa shape index (κ2) is 7.40. The van der Waals surface area contributed by atoms with E-state index in [0.29, 0.717) is 24.1 Å². The Kier molecular flexibility index (Phi) is 6.15. The lowest BCUT2D eigenvalue weighted by molar-refractivity contribution is -0.136. The number of hydrogen-bond donors (Lipinski definition) is 0. The van der Waals surface area contributed by atoms with Gasteiger partial charge >= 0.3 is 5.97 Å². The molecule has 94 valence electrons. The minimum absolute atomic E-state index is 0.210. The highest BCUT2D eigenvalue weighted by Crippen LogP contribution is 2.09. The zero-order chi connectivity index (χ0) is 12.7. The van der Waals surface area contributed by atoms with Crippen molar-refractivity contribution in [2.75, 3.05) is 25.6 Å². The fourth-order valence-electron chi connectivity index (χ4n) is 1.40. The van der Waals surface area contributed by atoms with Crippen LogP contribution in [0.2, 0.25) is 0 Å². The lowest BCUT2D eigenvalue weighted by Gasteiger charge is -2.13. The van der Waals surface area contributed by atoms with Crippen LogP contribution in [0.25, 0.3) is 0 Å². The van der Waals surface area contributed by atoms with Gasteiger partial charge in [0, 0.05) is 17.6 Å². The number of halogens is 1. The summed E-state index contributed by atoms with van der Waals surface area (Å²) >= 11 is 3.35. The molecule has 0 aromatic heterocycles. The normalized spacial score (nSPS) is 21.9. The zero-order valence-corrected chi connectivity index (χ0v) is 11.6. The number of nitrogens with zero attached hydrogens (tertiary/aromatic N) is 1. The summed E-state index contributed by atoms with van der Waals surface area (Å²) in [5, 5.41) is 0.650. The molecule has 5 heteroatoms. The number of carbonyl (C=O) groups excluding carboxylic acids is 1. The molecule has 1 atom stereocenters. The SMILES string of the molecule is CCOC1C=C(C(=O)OC)CN=C(CBr)/C=C\1. The number of allylic oxidation sites excluding steroid dienone is 1. The van der Waals surface area contributed by atoms with Crippen molar-refractivity contribution in [3.8, 4) is 0 Å². The van der Waals surface area contributed by atoms with E-state index in [2.05, 4.69) is 20.9 Å². The molecule has 0 fully saturated rings. The quantitative estimate of drug-likeness (QED) is 0.588. The van der Waals surface area contributed by atoms with E-state index in [1.54, 1.807) is 6.08 Å². The van der Waals surface area contributed by atoms with Gasteiger partial charge in [-0.2, -0.15) is 0 Å². The van der Waals surface area contributed by atoms with Crippen molar-refractivity contribution < 1.29 is 14.3 Å². The highest BCUT2D eigenvalue weighted by molar-refractivity contribution is 9.09. The molecule has 1 rings (SSSR count). The van der Waals surface area contributed by atoms with Crippen molar-refractivity contribution >= 4 is 27.6 Å². The van der Waals surface area contributed by atoms with Gasteiger partial charge in [-0.05, 0) is 19.1 Å². The standard InChI is InChI=1S/C12H16BrNO3/c1-3-17-11-5-4-10(7-13)14-8-9(6-11)12(15)16-2/h4-6,11H,3,7-8H2,1-2H3/b5-4-,9-6?,14-10?. The van der Waals surface area contributed by atoms with Crippen LogP contribution in [0, 0.1) is 0 Å². The van der Waals surface area contributed by atoms with Crippen LogP contribution in [0.5, 0.6) is 0 Å². The first kappa shape index (κ1) is 14.1. The van der Waals surface area contributed by atoms with E-state index in [1.807, 2.05) is 19.1 Å². The molecule has 1 heterocycles. The number of aliphatic imine (C=N–C) groups is 1. The molecule has 0 aliphatic carbocycles. The first-order valence-corrected chi connectivity index (χ1v) is 6.51. The Balaban J connectivity index is 2.95. The molecule has 0 N–H and O–H groups in total. The van der Waals surface area contributed by atoms with E-state index in [4.69, 9.17) is 9.47 Å². The van der Waals surface area contributed by atoms with Gasteiger partial charge in [-0.25, -0.2) is 4.79 Å². The van der Waals surface area contributed by atoms with Gasteiger partial charge in [0.1, 0.15) is 0 Å². The molecular formula is C12H16BrNO3. The maximum absolute atomic E-state index is 11.5. The van der Waals surface area contributed by atoms with Crippen LogP contribution in [-0.2, 0) is 14.3 Å². The highest BCUT2D eigenvalue weighted by atomic mass is 79.9. The molecule has 1 unspecified atom stereocenters. The molecule has 17 heavy (non-hydrogen) atoms. The Hall–Kier alpha value is -0.940. The van der Waals surface area contributed by atoms with E-state index < -0.39 is 0 Å². The van der Waals surface area contributed by atoms with Crippen LogP contribution in [0.4, 0.5) is 0 Å². The van der Waals surface area contributed by atoms with E-state index in [0.717, 1.165) is 5.71 Å². The Bertz CT molecular complexity index is 361. The summed E-state index contributed by atoms with van der Waals surface area (Å²) in [5.41, 5.74) is 1.40. The molecule has 1 aliphatic rings. The van der Waals surface area contributed by atoms with Crippen LogP contribution in [-0.4, -0.2) is 43.4 Å². The fraction of sp³-hybridized carbons (Fsp3) is 0.500. The molecule has 0 spiro atoms. The number of ether oxygens (including phenoxy) is 2. The van der Waals surface area contributed by atoms with Gasteiger partial charge < -0.3 is 9.47 Å². The van der Waals surface area contributed by atoms with Gasteiger partial charge in [0.05, 0.1) is 25.3 Å². The van der Waals surface area contributed by atoms with Crippen molar-refractivity contribution in [1.82, 2.24) is 0 Å². The van der Waals surface area contributed by atoms with Gasteiger partial charge in [-0.15, -0.1) is 0 Å². The van der Waals surface area contributed by atoms with Crippen LogP contribution < -0.4 is 0 Å². The second-order valence-electron chi connectivity index (χ2n) is 3.40. The van der Waals surface area contributed by atoms with Crippen molar-refractivity contribution in [2.45, 2.75) is 13.0 Å². The third-order valence-corrected chi connectivity index (χ3v) is 2.81. The van der Waals surface area contributed by atoms with Gasteiger partial charge in [-0.1, -0.05) is 22.0 Å². The molecule has 0 bridgehead atoms. The number of alkyl halides is 1. The van der Waals surface area contributed by atoms with Crippen molar-refractivity contribution in [3.05, 3.63) is 23.8 Å². The molecule has 0 saturated heterocycles. The van der Waals surface area contributed by atoms with E-state index in [-0.39, 0.29) is 12.1 Å². The van der Waals surface area contributed by atoms with Crippen LogP contribution in [0.3, 0.4) is 0 Å². The molecular weight excluding hydrogens is 286 g/mol. The number of esters is 1. The van der Waals surface area contributed by atoms with Gasteiger partial charge in [0.25, 0.3) is 0 Å². The predicted octanol–water partition coefficient (Wildman–Crippen LogP) is 1.90. The first-order chi connectivity index (χ1) is 8.21. The number of rotatable bonds is 4. The summed E-state index contributed by atoms with van der Waals surface area (Å²) < 4.78 is 10.2.